The summed E-state index contributed by atoms with van der Waals surface area (Å²) in [4.78, 5) is 22.2. The van der Waals surface area contributed by atoms with E-state index in [-0.39, 0.29) is 21.8 Å². The highest BCUT2D eigenvalue weighted by molar-refractivity contribution is 9.09. The minimum Gasteiger partial charge on any atom is -0.490 e. The third kappa shape index (κ3) is 3.43. The quantitative estimate of drug-likeness (QED) is 0.512. The van der Waals surface area contributed by atoms with Gasteiger partial charge in [-0.2, -0.15) is 0 Å². The largest absolute Gasteiger partial charge is 0.490 e. The average molecular weight is 317 g/mol. The van der Waals surface area contributed by atoms with E-state index in [1.807, 2.05) is 6.92 Å². The predicted octanol–water partition coefficient (Wildman–Crippen LogP) is 2.12. The molecule has 6 nitrogen and oxygen atoms in total. The van der Waals surface area contributed by atoms with Crippen LogP contribution < -0.4 is 10.1 Å². The molecule has 98 valence electrons. The van der Waals surface area contributed by atoms with Crippen LogP contribution in [0.5, 0.6) is 5.75 Å². The van der Waals surface area contributed by atoms with Gasteiger partial charge in [0.2, 0.25) is 5.75 Å². The maximum Gasteiger partial charge on any atom is 0.311 e. The van der Waals surface area contributed by atoms with E-state index in [4.69, 9.17) is 4.74 Å². The fourth-order valence-corrected chi connectivity index (χ4v) is 1.55. The molecule has 1 N–H and O–H groups in total. The Kier molecular flexibility index (Phi) is 5.08. The van der Waals surface area contributed by atoms with Crippen LogP contribution in [-0.2, 0) is 0 Å². The van der Waals surface area contributed by atoms with E-state index in [1.54, 1.807) is 0 Å². The van der Waals surface area contributed by atoms with Crippen LogP contribution in [0, 0.1) is 10.1 Å². The molecule has 0 heterocycles. The number of benzene rings is 1. The fraction of sp³-hybridized carbons (Fsp3) is 0.364. The maximum atomic E-state index is 11.9. The van der Waals surface area contributed by atoms with Gasteiger partial charge in [0.1, 0.15) is 0 Å². The SMILES string of the molecule is COc1c(C(=O)NCC(C)Br)cccc1[N+](=O)[O-]. The number of nitro groups is 1. The van der Waals surface area contributed by atoms with Crippen LogP contribution >= 0.6 is 15.9 Å². The number of nitrogens with one attached hydrogen (secondary N) is 1. The Balaban J connectivity index is 3.05. The summed E-state index contributed by atoms with van der Waals surface area (Å²) in [6.45, 7) is 2.30. The first-order valence-corrected chi connectivity index (χ1v) is 6.12. The first kappa shape index (κ1) is 14.4. The molecule has 0 aromatic heterocycles. The summed E-state index contributed by atoms with van der Waals surface area (Å²) in [6.07, 6.45) is 0. The van der Waals surface area contributed by atoms with E-state index in [0.29, 0.717) is 6.54 Å². The molecule has 0 bridgehead atoms. The van der Waals surface area contributed by atoms with Gasteiger partial charge < -0.3 is 10.1 Å². The lowest BCUT2D eigenvalue weighted by atomic mass is 10.1. The predicted molar refractivity (Wildman–Crippen MR) is 70.4 cm³/mol. The number of nitrogens with zero attached hydrogens (tertiary/aromatic N) is 1. The van der Waals surface area contributed by atoms with Crippen LogP contribution in [-0.4, -0.2) is 29.3 Å². The number of hydrogen-bond donors (Lipinski definition) is 1. The van der Waals surface area contributed by atoms with Crippen molar-refractivity contribution in [2.75, 3.05) is 13.7 Å². The Hall–Kier alpha value is -1.63. The van der Waals surface area contributed by atoms with Crippen molar-refractivity contribution in [2.45, 2.75) is 11.8 Å². The number of carbonyl (C=O) groups is 1. The van der Waals surface area contributed by atoms with Crippen molar-refractivity contribution in [1.82, 2.24) is 5.32 Å². The van der Waals surface area contributed by atoms with Gasteiger partial charge in [0, 0.05) is 17.4 Å². The number of para-hydroxylation sites is 1. The second kappa shape index (κ2) is 6.34. The molecule has 7 heteroatoms. The summed E-state index contributed by atoms with van der Waals surface area (Å²) >= 11 is 3.29. The zero-order valence-corrected chi connectivity index (χ0v) is 11.6. The normalized spacial score (nSPS) is 11.7. The summed E-state index contributed by atoms with van der Waals surface area (Å²) in [7, 11) is 1.30. The van der Waals surface area contributed by atoms with Crippen LogP contribution in [0.15, 0.2) is 18.2 Å². The molecule has 1 aromatic rings. The maximum absolute atomic E-state index is 11.9. The topological polar surface area (TPSA) is 81.5 Å². The van der Waals surface area contributed by atoms with Crippen molar-refractivity contribution in [3.05, 3.63) is 33.9 Å². The van der Waals surface area contributed by atoms with Crippen molar-refractivity contribution in [3.63, 3.8) is 0 Å². The molecule has 0 fully saturated rings. The van der Waals surface area contributed by atoms with Crippen LogP contribution in [0.3, 0.4) is 0 Å². The first-order valence-electron chi connectivity index (χ1n) is 5.21. The van der Waals surface area contributed by atoms with Crippen LogP contribution in [0.2, 0.25) is 0 Å². The number of halogens is 1. The molecule has 0 aliphatic rings. The summed E-state index contributed by atoms with van der Waals surface area (Å²) in [5.74, 6) is -0.427. The minimum absolute atomic E-state index is 0.0257. The standard InChI is InChI=1S/C11H13BrN2O4/c1-7(12)6-13-11(15)8-4-3-5-9(14(16)17)10(8)18-2/h3-5,7H,6H2,1-2H3,(H,13,15). The van der Waals surface area contributed by atoms with Gasteiger partial charge in [-0.1, -0.05) is 28.9 Å². The molecular formula is C11H13BrN2O4. The first-order chi connectivity index (χ1) is 8.47. The number of hydrogen-bond acceptors (Lipinski definition) is 4. The number of amides is 1. The highest BCUT2D eigenvalue weighted by Crippen LogP contribution is 2.30. The summed E-state index contributed by atoms with van der Waals surface area (Å²) in [6, 6.07) is 4.23. The minimum atomic E-state index is -0.581. The summed E-state index contributed by atoms with van der Waals surface area (Å²) in [5, 5.41) is 13.5. The molecule has 0 aliphatic heterocycles. The third-order valence-corrected chi connectivity index (χ3v) is 2.51. The monoisotopic (exact) mass is 316 g/mol. The Morgan fingerprint density at radius 1 is 1.61 bits per heavy atom. The van der Waals surface area contributed by atoms with Crippen molar-refractivity contribution in [3.8, 4) is 5.75 Å². The van der Waals surface area contributed by atoms with Crippen LogP contribution in [0.4, 0.5) is 5.69 Å². The lowest BCUT2D eigenvalue weighted by Gasteiger charge is -2.10. The van der Waals surface area contributed by atoms with E-state index in [2.05, 4.69) is 21.2 Å². The second-order valence-corrected chi connectivity index (χ2v) is 5.17. The molecule has 1 unspecified atom stereocenters. The molecule has 0 saturated carbocycles. The highest BCUT2D eigenvalue weighted by atomic mass is 79.9. The number of ether oxygens (including phenoxy) is 1. The second-order valence-electron chi connectivity index (χ2n) is 3.61. The van der Waals surface area contributed by atoms with Gasteiger partial charge in [0.05, 0.1) is 17.6 Å². The molecule has 0 aliphatic carbocycles. The molecule has 0 radical (unpaired) electrons. The molecule has 1 atom stereocenters. The van der Waals surface area contributed by atoms with E-state index in [9.17, 15) is 14.9 Å². The van der Waals surface area contributed by atoms with E-state index in [0.717, 1.165) is 0 Å². The van der Waals surface area contributed by atoms with Gasteiger partial charge in [0.25, 0.3) is 5.91 Å². The molecule has 1 aromatic carbocycles. The Bertz CT molecular complexity index is 462. The van der Waals surface area contributed by atoms with Crippen molar-refractivity contribution < 1.29 is 14.5 Å². The van der Waals surface area contributed by atoms with Gasteiger partial charge in [-0.05, 0) is 6.07 Å². The molecule has 1 amide bonds. The van der Waals surface area contributed by atoms with Gasteiger partial charge >= 0.3 is 5.69 Å². The molecule has 1 rings (SSSR count). The Morgan fingerprint density at radius 3 is 2.78 bits per heavy atom. The van der Waals surface area contributed by atoms with Crippen molar-refractivity contribution in [2.24, 2.45) is 0 Å². The number of rotatable bonds is 5. The van der Waals surface area contributed by atoms with Gasteiger partial charge in [0.15, 0.2) is 0 Å². The van der Waals surface area contributed by atoms with Crippen LogP contribution in [0.1, 0.15) is 17.3 Å². The smallest absolute Gasteiger partial charge is 0.311 e. The Morgan fingerprint density at radius 2 is 2.28 bits per heavy atom. The van der Waals surface area contributed by atoms with E-state index < -0.39 is 10.8 Å². The third-order valence-electron chi connectivity index (χ3n) is 2.18. The molecule has 0 spiro atoms. The average Bonchev–Trinajstić information content (AvgIpc) is 2.34. The lowest BCUT2D eigenvalue weighted by Crippen LogP contribution is -2.28. The zero-order chi connectivity index (χ0) is 13.7. The molecule has 0 saturated heterocycles. The van der Waals surface area contributed by atoms with E-state index in [1.165, 1.54) is 25.3 Å². The number of nitro benzene ring substituents is 1. The summed E-state index contributed by atoms with van der Waals surface area (Å²) < 4.78 is 4.95. The highest BCUT2D eigenvalue weighted by Gasteiger charge is 2.22. The van der Waals surface area contributed by atoms with E-state index >= 15 is 0 Å². The lowest BCUT2D eigenvalue weighted by molar-refractivity contribution is -0.385. The number of alkyl halides is 1. The van der Waals surface area contributed by atoms with Crippen molar-refractivity contribution in [1.29, 1.82) is 0 Å². The van der Waals surface area contributed by atoms with Gasteiger partial charge in [-0.25, -0.2) is 0 Å². The number of methoxy groups -OCH3 is 1. The summed E-state index contributed by atoms with van der Waals surface area (Å²) in [5.41, 5.74) is -0.0723. The fourth-order valence-electron chi connectivity index (χ4n) is 1.39. The Labute approximate surface area is 113 Å². The van der Waals surface area contributed by atoms with Gasteiger partial charge in [-0.15, -0.1) is 0 Å². The van der Waals surface area contributed by atoms with Gasteiger partial charge in [-0.3, -0.25) is 14.9 Å². The zero-order valence-electron chi connectivity index (χ0n) is 9.97. The number of carbonyl (C=O) groups excluding carboxylic acids is 1. The molecular weight excluding hydrogens is 304 g/mol. The van der Waals surface area contributed by atoms with Crippen LogP contribution in [0.25, 0.3) is 0 Å². The molecule has 18 heavy (non-hydrogen) atoms. The van der Waals surface area contributed by atoms with Crippen molar-refractivity contribution >= 4 is 27.5 Å².